The zero-order valence-corrected chi connectivity index (χ0v) is 13.9. The highest BCUT2D eigenvalue weighted by molar-refractivity contribution is 9.10. The number of benzene rings is 1. The molecule has 0 fully saturated rings. The van der Waals surface area contributed by atoms with Crippen LogP contribution in [0.2, 0.25) is 0 Å². The number of nitro groups is 1. The Kier molecular flexibility index (Phi) is 6.77. The molecule has 1 aromatic rings. The van der Waals surface area contributed by atoms with E-state index in [-0.39, 0.29) is 17.6 Å². The molecule has 1 unspecified atom stereocenters. The van der Waals surface area contributed by atoms with Gasteiger partial charge in [0.1, 0.15) is 0 Å². The van der Waals surface area contributed by atoms with Gasteiger partial charge < -0.3 is 10.6 Å². The third kappa shape index (κ3) is 6.22. The molecule has 0 aliphatic rings. The second-order valence-electron chi connectivity index (χ2n) is 5.32. The van der Waals surface area contributed by atoms with Gasteiger partial charge >= 0.3 is 0 Å². The van der Waals surface area contributed by atoms with Crippen LogP contribution in [-0.2, 0) is 11.3 Å². The molecular weight excluding hydrogens is 338 g/mol. The molecule has 2 N–H and O–H groups in total. The van der Waals surface area contributed by atoms with E-state index in [9.17, 15) is 14.9 Å². The molecule has 0 aliphatic carbocycles. The molecule has 7 heteroatoms. The van der Waals surface area contributed by atoms with Gasteiger partial charge in [0.2, 0.25) is 5.91 Å². The van der Waals surface area contributed by atoms with Crippen LogP contribution >= 0.6 is 15.9 Å². The minimum atomic E-state index is -0.437. The van der Waals surface area contributed by atoms with Crippen LogP contribution in [0.4, 0.5) is 5.69 Å². The fourth-order valence-corrected chi connectivity index (χ4v) is 2.19. The lowest BCUT2D eigenvalue weighted by atomic mass is 10.2. The third-order valence-electron chi connectivity index (χ3n) is 2.84. The Labute approximate surface area is 132 Å². The Hall–Kier alpha value is -1.47. The highest BCUT2D eigenvalue weighted by Gasteiger charge is 2.13. The molecule has 21 heavy (non-hydrogen) atoms. The molecule has 0 heterocycles. The van der Waals surface area contributed by atoms with Crippen LogP contribution in [0.15, 0.2) is 22.7 Å². The van der Waals surface area contributed by atoms with Gasteiger partial charge in [0, 0.05) is 29.7 Å². The molecule has 1 aromatic carbocycles. The number of hydrogen-bond donors (Lipinski definition) is 2. The van der Waals surface area contributed by atoms with Gasteiger partial charge in [0.05, 0.1) is 11.0 Å². The zero-order valence-electron chi connectivity index (χ0n) is 12.4. The first-order valence-corrected chi connectivity index (χ1v) is 7.54. The van der Waals surface area contributed by atoms with Crippen LogP contribution in [-0.4, -0.2) is 23.4 Å². The van der Waals surface area contributed by atoms with E-state index in [1.54, 1.807) is 13.0 Å². The first-order chi connectivity index (χ1) is 9.79. The summed E-state index contributed by atoms with van der Waals surface area (Å²) in [4.78, 5) is 22.2. The van der Waals surface area contributed by atoms with E-state index < -0.39 is 4.92 Å². The minimum Gasteiger partial charge on any atom is -0.354 e. The van der Waals surface area contributed by atoms with Gasteiger partial charge in [-0.05, 0) is 24.5 Å². The van der Waals surface area contributed by atoms with Crippen molar-refractivity contribution < 1.29 is 9.72 Å². The fourth-order valence-electron chi connectivity index (χ4n) is 1.66. The summed E-state index contributed by atoms with van der Waals surface area (Å²) in [5.41, 5.74) is 0.776. The predicted octanol–water partition coefficient (Wildman–Crippen LogP) is 2.61. The molecule has 0 saturated heterocycles. The van der Waals surface area contributed by atoms with Crippen molar-refractivity contribution in [2.75, 3.05) is 6.54 Å². The van der Waals surface area contributed by atoms with E-state index in [2.05, 4.69) is 26.6 Å². The van der Waals surface area contributed by atoms with Crippen molar-refractivity contribution in [3.8, 4) is 0 Å². The minimum absolute atomic E-state index is 0.0260. The molecule has 0 saturated carbocycles. The van der Waals surface area contributed by atoms with E-state index >= 15 is 0 Å². The molecule has 0 spiro atoms. The monoisotopic (exact) mass is 357 g/mol. The SMILES string of the molecule is CC(C)CNC(=O)C(C)NCc1cc(Br)cc([N+](=O)[O-])c1. The lowest BCUT2D eigenvalue weighted by Crippen LogP contribution is -2.42. The maximum Gasteiger partial charge on any atom is 0.270 e. The van der Waals surface area contributed by atoms with Crippen molar-refractivity contribution in [1.29, 1.82) is 0 Å². The van der Waals surface area contributed by atoms with Crippen molar-refractivity contribution in [3.05, 3.63) is 38.3 Å². The molecule has 0 radical (unpaired) electrons. The lowest BCUT2D eigenvalue weighted by Gasteiger charge is -2.15. The van der Waals surface area contributed by atoms with E-state index in [0.717, 1.165) is 5.56 Å². The molecular formula is C14H20BrN3O3. The van der Waals surface area contributed by atoms with E-state index in [4.69, 9.17) is 0 Å². The topological polar surface area (TPSA) is 84.3 Å². The van der Waals surface area contributed by atoms with Gasteiger partial charge in [-0.3, -0.25) is 14.9 Å². The number of carbonyl (C=O) groups is 1. The smallest absolute Gasteiger partial charge is 0.270 e. The summed E-state index contributed by atoms with van der Waals surface area (Å²) >= 11 is 3.25. The van der Waals surface area contributed by atoms with Gasteiger partial charge in [-0.2, -0.15) is 0 Å². The van der Waals surface area contributed by atoms with E-state index in [0.29, 0.717) is 23.5 Å². The van der Waals surface area contributed by atoms with Gasteiger partial charge in [0.25, 0.3) is 5.69 Å². The predicted molar refractivity (Wildman–Crippen MR) is 84.9 cm³/mol. The number of nitro benzene ring substituents is 1. The Balaban J connectivity index is 2.58. The summed E-state index contributed by atoms with van der Waals surface area (Å²) in [6.07, 6.45) is 0. The highest BCUT2D eigenvalue weighted by atomic mass is 79.9. The Bertz CT molecular complexity index is 520. The summed E-state index contributed by atoms with van der Waals surface area (Å²) in [5.74, 6) is 0.321. The first-order valence-electron chi connectivity index (χ1n) is 6.74. The Morgan fingerprint density at radius 2 is 2.00 bits per heavy atom. The van der Waals surface area contributed by atoms with E-state index in [1.807, 2.05) is 13.8 Å². The van der Waals surface area contributed by atoms with Gasteiger partial charge in [-0.1, -0.05) is 29.8 Å². The summed E-state index contributed by atoms with van der Waals surface area (Å²) < 4.78 is 0.644. The van der Waals surface area contributed by atoms with Crippen LogP contribution in [0.5, 0.6) is 0 Å². The number of rotatable bonds is 7. The molecule has 0 aliphatic heterocycles. The maximum atomic E-state index is 11.8. The quantitative estimate of drug-likeness (QED) is 0.580. The Morgan fingerprint density at radius 3 is 2.57 bits per heavy atom. The Morgan fingerprint density at radius 1 is 1.33 bits per heavy atom. The largest absolute Gasteiger partial charge is 0.354 e. The molecule has 0 aromatic heterocycles. The second-order valence-corrected chi connectivity index (χ2v) is 6.23. The number of amides is 1. The van der Waals surface area contributed by atoms with Crippen LogP contribution in [0.25, 0.3) is 0 Å². The average molecular weight is 358 g/mol. The number of nitrogens with one attached hydrogen (secondary N) is 2. The van der Waals surface area contributed by atoms with Gasteiger partial charge in [-0.25, -0.2) is 0 Å². The summed E-state index contributed by atoms with van der Waals surface area (Å²) in [5, 5.41) is 16.7. The van der Waals surface area contributed by atoms with Crippen molar-refractivity contribution >= 4 is 27.5 Å². The van der Waals surface area contributed by atoms with Crippen molar-refractivity contribution in [2.45, 2.75) is 33.4 Å². The molecule has 1 amide bonds. The van der Waals surface area contributed by atoms with Crippen molar-refractivity contribution in [2.24, 2.45) is 5.92 Å². The number of non-ortho nitro benzene ring substituents is 1. The van der Waals surface area contributed by atoms with Gasteiger partial charge in [-0.15, -0.1) is 0 Å². The third-order valence-corrected chi connectivity index (χ3v) is 3.30. The molecule has 0 bridgehead atoms. The number of halogens is 1. The molecule has 6 nitrogen and oxygen atoms in total. The van der Waals surface area contributed by atoms with Crippen LogP contribution < -0.4 is 10.6 Å². The molecule has 1 atom stereocenters. The van der Waals surface area contributed by atoms with E-state index in [1.165, 1.54) is 12.1 Å². The standard InChI is InChI=1S/C14H20BrN3O3/c1-9(2)7-17-14(19)10(3)16-8-11-4-12(15)6-13(5-11)18(20)21/h4-6,9-10,16H,7-8H2,1-3H3,(H,17,19). The number of nitrogens with zero attached hydrogens (tertiary/aromatic N) is 1. The second kappa shape index (κ2) is 8.09. The maximum absolute atomic E-state index is 11.8. The van der Waals surface area contributed by atoms with Gasteiger partial charge in [0.15, 0.2) is 0 Å². The molecule has 1 rings (SSSR count). The highest BCUT2D eigenvalue weighted by Crippen LogP contribution is 2.21. The fraction of sp³-hybridized carbons (Fsp3) is 0.500. The summed E-state index contributed by atoms with van der Waals surface area (Å²) in [6, 6.07) is 4.37. The van der Waals surface area contributed by atoms with Crippen LogP contribution in [0.1, 0.15) is 26.3 Å². The van der Waals surface area contributed by atoms with Crippen molar-refractivity contribution in [3.63, 3.8) is 0 Å². The lowest BCUT2D eigenvalue weighted by molar-refractivity contribution is -0.385. The normalized spacial score (nSPS) is 12.2. The number of hydrogen-bond acceptors (Lipinski definition) is 4. The average Bonchev–Trinajstić information content (AvgIpc) is 2.41. The summed E-state index contributed by atoms with van der Waals surface area (Å²) in [6.45, 7) is 6.84. The van der Waals surface area contributed by atoms with Crippen LogP contribution in [0, 0.1) is 16.0 Å². The van der Waals surface area contributed by atoms with Crippen LogP contribution in [0.3, 0.4) is 0 Å². The molecule has 116 valence electrons. The summed E-state index contributed by atoms with van der Waals surface area (Å²) in [7, 11) is 0. The number of carbonyl (C=O) groups excluding carboxylic acids is 1. The zero-order chi connectivity index (χ0) is 16.0. The first kappa shape index (κ1) is 17.6. The van der Waals surface area contributed by atoms with Crippen molar-refractivity contribution in [1.82, 2.24) is 10.6 Å².